The first-order chi connectivity index (χ1) is 9.36. The molecule has 1 amide bonds. The molecule has 2 aromatic rings. The summed E-state index contributed by atoms with van der Waals surface area (Å²) >= 11 is 0. The number of aromatic nitrogens is 1. The summed E-state index contributed by atoms with van der Waals surface area (Å²) in [5.41, 5.74) is 0.624. The fourth-order valence-corrected chi connectivity index (χ4v) is 1.59. The molecule has 0 unspecified atom stereocenters. The summed E-state index contributed by atoms with van der Waals surface area (Å²) in [7, 11) is 0. The number of nitrogens with zero attached hydrogens (tertiary/aromatic N) is 1. The number of pyridine rings is 1. The molecule has 4 heteroatoms. The van der Waals surface area contributed by atoms with Gasteiger partial charge in [0.05, 0.1) is 6.61 Å². The van der Waals surface area contributed by atoms with Crippen molar-refractivity contribution in [2.24, 2.45) is 0 Å². The third kappa shape index (κ3) is 4.43. The van der Waals surface area contributed by atoms with E-state index in [9.17, 15) is 4.79 Å². The standard InChI is InChI=1S/C15H16N2O2/c18-15(13-7-10-16-11-8-13)17-9-4-12-19-14-5-2-1-3-6-14/h1-3,5-8,10-11H,4,9,12H2,(H,17,18). The molecular weight excluding hydrogens is 240 g/mol. The number of carbonyl (C=O) groups excluding carboxylic acids is 1. The van der Waals surface area contributed by atoms with Gasteiger partial charge in [-0.3, -0.25) is 9.78 Å². The van der Waals surface area contributed by atoms with Gasteiger partial charge in [-0.15, -0.1) is 0 Å². The van der Waals surface area contributed by atoms with Crippen LogP contribution in [0.3, 0.4) is 0 Å². The van der Waals surface area contributed by atoms with E-state index in [1.54, 1.807) is 24.5 Å². The van der Waals surface area contributed by atoms with Crippen molar-refractivity contribution in [3.8, 4) is 5.75 Å². The highest BCUT2D eigenvalue weighted by molar-refractivity contribution is 5.93. The van der Waals surface area contributed by atoms with Gasteiger partial charge in [-0.25, -0.2) is 0 Å². The van der Waals surface area contributed by atoms with Crippen molar-refractivity contribution in [2.45, 2.75) is 6.42 Å². The van der Waals surface area contributed by atoms with Crippen LogP contribution in [0.2, 0.25) is 0 Å². The topological polar surface area (TPSA) is 51.2 Å². The number of rotatable bonds is 6. The highest BCUT2D eigenvalue weighted by Crippen LogP contribution is 2.08. The largest absolute Gasteiger partial charge is 0.494 e. The van der Waals surface area contributed by atoms with Gasteiger partial charge >= 0.3 is 0 Å². The molecule has 0 bridgehead atoms. The molecule has 0 spiro atoms. The van der Waals surface area contributed by atoms with Crippen molar-refractivity contribution in [3.63, 3.8) is 0 Å². The number of nitrogens with one attached hydrogen (secondary N) is 1. The van der Waals surface area contributed by atoms with Gasteiger partial charge in [-0.05, 0) is 30.7 Å². The maximum Gasteiger partial charge on any atom is 0.251 e. The van der Waals surface area contributed by atoms with E-state index < -0.39 is 0 Å². The molecule has 1 heterocycles. The highest BCUT2D eigenvalue weighted by atomic mass is 16.5. The van der Waals surface area contributed by atoms with Crippen LogP contribution >= 0.6 is 0 Å². The smallest absolute Gasteiger partial charge is 0.251 e. The lowest BCUT2D eigenvalue weighted by Gasteiger charge is -2.07. The quantitative estimate of drug-likeness (QED) is 0.807. The van der Waals surface area contributed by atoms with Crippen LogP contribution in [0, 0.1) is 0 Å². The van der Waals surface area contributed by atoms with Crippen LogP contribution in [0.4, 0.5) is 0 Å². The molecular formula is C15H16N2O2. The van der Waals surface area contributed by atoms with Gasteiger partial charge in [0.2, 0.25) is 0 Å². The third-order valence-corrected chi connectivity index (χ3v) is 2.56. The zero-order chi connectivity index (χ0) is 13.3. The number of amides is 1. The minimum absolute atomic E-state index is 0.0814. The molecule has 0 saturated carbocycles. The Bertz CT molecular complexity index is 500. The average Bonchev–Trinajstić information content (AvgIpc) is 2.49. The monoisotopic (exact) mass is 256 g/mol. The molecule has 0 aliphatic carbocycles. The van der Waals surface area contributed by atoms with E-state index in [4.69, 9.17) is 4.74 Å². The Balaban J connectivity index is 1.63. The number of hydrogen-bond donors (Lipinski definition) is 1. The maximum atomic E-state index is 11.7. The maximum absolute atomic E-state index is 11.7. The molecule has 0 radical (unpaired) electrons. The molecule has 19 heavy (non-hydrogen) atoms. The summed E-state index contributed by atoms with van der Waals surface area (Å²) in [5, 5.41) is 2.84. The Morgan fingerprint density at radius 3 is 2.58 bits per heavy atom. The van der Waals surface area contributed by atoms with Crippen LogP contribution in [0.15, 0.2) is 54.9 Å². The van der Waals surface area contributed by atoms with Crippen molar-refractivity contribution in [1.82, 2.24) is 10.3 Å². The second kappa shape index (κ2) is 7.16. The Labute approximate surface area is 112 Å². The van der Waals surface area contributed by atoms with E-state index in [0.717, 1.165) is 12.2 Å². The van der Waals surface area contributed by atoms with Gasteiger partial charge in [0.25, 0.3) is 5.91 Å². The Kier molecular flexibility index (Phi) is 4.93. The molecule has 0 fully saturated rings. The van der Waals surface area contributed by atoms with Crippen molar-refractivity contribution in [1.29, 1.82) is 0 Å². The summed E-state index contributed by atoms with van der Waals surface area (Å²) in [6, 6.07) is 13.0. The van der Waals surface area contributed by atoms with E-state index in [1.807, 2.05) is 30.3 Å². The first kappa shape index (κ1) is 13.1. The Hall–Kier alpha value is -2.36. The number of ether oxygens (including phenoxy) is 1. The van der Waals surface area contributed by atoms with Gasteiger partial charge in [0, 0.05) is 24.5 Å². The van der Waals surface area contributed by atoms with Crippen LogP contribution in [0.1, 0.15) is 16.8 Å². The summed E-state index contributed by atoms with van der Waals surface area (Å²) in [6.45, 7) is 1.18. The lowest BCUT2D eigenvalue weighted by molar-refractivity contribution is 0.0951. The van der Waals surface area contributed by atoms with Crippen LogP contribution in [0.5, 0.6) is 5.75 Å². The third-order valence-electron chi connectivity index (χ3n) is 2.56. The molecule has 1 N–H and O–H groups in total. The van der Waals surface area contributed by atoms with E-state index in [0.29, 0.717) is 18.7 Å². The first-order valence-corrected chi connectivity index (χ1v) is 6.22. The van der Waals surface area contributed by atoms with Gasteiger partial charge in [0.1, 0.15) is 5.75 Å². The zero-order valence-corrected chi connectivity index (χ0v) is 10.6. The van der Waals surface area contributed by atoms with Crippen LogP contribution in [-0.2, 0) is 0 Å². The van der Waals surface area contributed by atoms with Gasteiger partial charge in [0.15, 0.2) is 0 Å². The minimum Gasteiger partial charge on any atom is -0.494 e. The molecule has 0 aliphatic rings. The fourth-order valence-electron chi connectivity index (χ4n) is 1.59. The highest BCUT2D eigenvalue weighted by Gasteiger charge is 2.02. The Morgan fingerprint density at radius 2 is 1.84 bits per heavy atom. The van der Waals surface area contributed by atoms with Crippen molar-refractivity contribution < 1.29 is 9.53 Å². The molecule has 1 aromatic heterocycles. The lowest BCUT2D eigenvalue weighted by atomic mass is 10.2. The van der Waals surface area contributed by atoms with Crippen molar-refractivity contribution >= 4 is 5.91 Å². The fraction of sp³-hybridized carbons (Fsp3) is 0.200. The van der Waals surface area contributed by atoms with Crippen molar-refractivity contribution in [3.05, 3.63) is 60.4 Å². The molecule has 98 valence electrons. The molecule has 2 rings (SSSR count). The number of hydrogen-bond acceptors (Lipinski definition) is 3. The van der Waals surface area contributed by atoms with Gasteiger partial charge in [-0.1, -0.05) is 18.2 Å². The van der Waals surface area contributed by atoms with E-state index >= 15 is 0 Å². The van der Waals surface area contributed by atoms with E-state index in [1.165, 1.54) is 0 Å². The van der Waals surface area contributed by atoms with Gasteiger partial charge in [-0.2, -0.15) is 0 Å². The second-order valence-corrected chi connectivity index (χ2v) is 4.01. The normalized spacial score (nSPS) is 9.89. The lowest BCUT2D eigenvalue weighted by Crippen LogP contribution is -2.25. The molecule has 0 aliphatic heterocycles. The predicted octanol–water partition coefficient (Wildman–Crippen LogP) is 2.28. The number of benzene rings is 1. The minimum atomic E-state index is -0.0814. The Morgan fingerprint density at radius 1 is 1.11 bits per heavy atom. The zero-order valence-electron chi connectivity index (χ0n) is 10.6. The summed E-state index contributed by atoms with van der Waals surface area (Å²) < 4.78 is 5.53. The van der Waals surface area contributed by atoms with Crippen LogP contribution in [-0.4, -0.2) is 24.0 Å². The van der Waals surface area contributed by atoms with Gasteiger partial charge < -0.3 is 10.1 Å². The summed E-state index contributed by atoms with van der Waals surface area (Å²) in [5.74, 6) is 0.769. The second-order valence-electron chi connectivity index (χ2n) is 4.01. The predicted molar refractivity (Wildman–Crippen MR) is 73.1 cm³/mol. The summed E-state index contributed by atoms with van der Waals surface area (Å²) in [6.07, 6.45) is 3.98. The number of carbonyl (C=O) groups is 1. The van der Waals surface area contributed by atoms with E-state index in [-0.39, 0.29) is 5.91 Å². The first-order valence-electron chi connectivity index (χ1n) is 6.22. The van der Waals surface area contributed by atoms with Crippen LogP contribution in [0.25, 0.3) is 0 Å². The van der Waals surface area contributed by atoms with Crippen LogP contribution < -0.4 is 10.1 Å². The van der Waals surface area contributed by atoms with Crippen molar-refractivity contribution in [2.75, 3.05) is 13.2 Å². The summed E-state index contributed by atoms with van der Waals surface area (Å²) in [4.78, 5) is 15.6. The average molecular weight is 256 g/mol. The molecule has 1 aromatic carbocycles. The molecule has 4 nitrogen and oxygen atoms in total. The molecule has 0 saturated heterocycles. The number of para-hydroxylation sites is 1. The van der Waals surface area contributed by atoms with E-state index in [2.05, 4.69) is 10.3 Å². The SMILES string of the molecule is O=C(NCCCOc1ccccc1)c1ccncc1. The molecule has 0 atom stereocenters.